The molecule has 1 unspecified atom stereocenters. The van der Waals surface area contributed by atoms with Crippen molar-refractivity contribution in [3.05, 3.63) is 21.9 Å². The van der Waals surface area contributed by atoms with Crippen molar-refractivity contribution in [2.45, 2.75) is 32.7 Å². The Labute approximate surface area is 98.3 Å². The largest absolute Gasteiger partial charge is 0.480 e. The van der Waals surface area contributed by atoms with E-state index in [4.69, 9.17) is 5.11 Å². The minimum absolute atomic E-state index is 0.329. The van der Waals surface area contributed by atoms with E-state index in [0.29, 0.717) is 11.3 Å². The number of aryl methyl sites for hydroxylation is 1. The lowest BCUT2D eigenvalue weighted by Gasteiger charge is -2.24. The third kappa shape index (κ3) is 2.61. The normalized spacial score (nSPS) is 14.2. The molecule has 1 atom stereocenters. The standard InChI is InChI=1S/C11H15NO3S/c1-4-11(3,10(14)15)12-9(13)8-6-5-7(2)16-8/h5-6H,4H2,1-3H3,(H,12,13)(H,14,15). The summed E-state index contributed by atoms with van der Waals surface area (Å²) in [4.78, 5) is 24.4. The molecule has 1 amide bonds. The number of nitrogens with one attached hydrogen (secondary N) is 1. The SMILES string of the molecule is CCC(C)(NC(=O)c1ccc(C)s1)C(=O)O. The molecule has 1 heterocycles. The fraction of sp³-hybridized carbons (Fsp3) is 0.455. The van der Waals surface area contributed by atoms with E-state index in [1.54, 1.807) is 13.0 Å². The number of aliphatic carboxylic acids is 1. The predicted molar refractivity (Wildman–Crippen MR) is 62.9 cm³/mol. The predicted octanol–water partition coefficient (Wildman–Crippen LogP) is 2.04. The third-order valence-corrected chi connectivity index (χ3v) is 3.53. The molecule has 1 rings (SSSR count). The van der Waals surface area contributed by atoms with Crippen LogP contribution in [0.25, 0.3) is 0 Å². The van der Waals surface area contributed by atoms with Crippen LogP contribution in [0.3, 0.4) is 0 Å². The van der Waals surface area contributed by atoms with Crippen LogP contribution < -0.4 is 5.32 Å². The molecule has 0 aliphatic carbocycles. The first-order chi connectivity index (χ1) is 7.39. The minimum Gasteiger partial charge on any atom is -0.480 e. The van der Waals surface area contributed by atoms with Crippen molar-refractivity contribution >= 4 is 23.2 Å². The molecule has 0 aliphatic rings. The van der Waals surface area contributed by atoms with Crippen molar-refractivity contribution in [2.75, 3.05) is 0 Å². The Morgan fingerprint density at radius 3 is 2.50 bits per heavy atom. The zero-order chi connectivity index (χ0) is 12.3. The summed E-state index contributed by atoms with van der Waals surface area (Å²) in [6, 6.07) is 3.54. The maximum absolute atomic E-state index is 11.8. The van der Waals surface area contributed by atoms with E-state index in [-0.39, 0.29) is 5.91 Å². The zero-order valence-electron chi connectivity index (χ0n) is 9.53. The zero-order valence-corrected chi connectivity index (χ0v) is 10.4. The van der Waals surface area contributed by atoms with Crippen LogP contribution in [0.15, 0.2) is 12.1 Å². The highest BCUT2D eigenvalue weighted by atomic mass is 32.1. The van der Waals surface area contributed by atoms with Crippen LogP contribution in [0.2, 0.25) is 0 Å². The fourth-order valence-corrected chi connectivity index (χ4v) is 1.92. The lowest BCUT2D eigenvalue weighted by atomic mass is 9.99. The molecule has 0 aliphatic heterocycles. The maximum Gasteiger partial charge on any atom is 0.329 e. The van der Waals surface area contributed by atoms with Gasteiger partial charge in [-0.1, -0.05) is 6.92 Å². The van der Waals surface area contributed by atoms with E-state index in [1.807, 2.05) is 13.0 Å². The summed E-state index contributed by atoms with van der Waals surface area (Å²) < 4.78 is 0. The van der Waals surface area contributed by atoms with Gasteiger partial charge in [0, 0.05) is 4.88 Å². The number of carbonyl (C=O) groups excluding carboxylic acids is 1. The number of carboxylic acid groups (broad SMARTS) is 1. The van der Waals surface area contributed by atoms with Crippen LogP contribution in [-0.2, 0) is 4.79 Å². The molecule has 0 bridgehead atoms. The highest BCUT2D eigenvalue weighted by Gasteiger charge is 2.33. The monoisotopic (exact) mass is 241 g/mol. The first kappa shape index (κ1) is 12.7. The van der Waals surface area contributed by atoms with Crippen LogP contribution in [0, 0.1) is 6.92 Å². The molecule has 1 aromatic heterocycles. The summed E-state index contributed by atoms with van der Waals surface area (Å²) >= 11 is 1.35. The summed E-state index contributed by atoms with van der Waals surface area (Å²) in [7, 11) is 0. The van der Waals surface area contributed by atoms with Crippen molar-refractivity contribution in [1.82, 2.24) is 5.32 Å². The Morgan fingerprint density at radius 2 is 2.12 bits per heavy atom. The van der Waals surface area contributed by atoms with Gasteiger partial charge in [-0.25, -0.2) is 4.79 Å². The van der Waals surface area contributed by atoms with Crippen LogP contribution >= 0.6 is 11.3 Å². The highest BCUT2D eigenvalue weighted by Crippen LogP contribution is 2.17. The lowest BCUT2D eigenvalue weighted by Crippen LogP contribution is -2.51. The Morgan fingerprint density at radius 1 is 1.50 bits per heavy atom. The van der Waals surface area contributed by atoms with Gasteiger partial charge in [0.15, 0.2) is 0 Å². The van der Waals surface area contributed by atoms with Gasteiger partial charge in [0.1, 0.15) is 5.54 Å². The summed E-state index contributed by atoms with van der Waals surface area (Å²) in [5, 5.41) is 11.6. The molecule has 0 spiro atoms. The van der Waals surface area contributed by atoms with E-state index in [2.05, 4.69) is 5.32 Å². The number of hydrogen-bond acceptors (Lipinski definition) is 3. The van der Waals surface area contributed by atoms with E-state index < -0.39 is 11.5 Å². The van der Waals surface area contributed by atoms with Gasteiger partial charge in [0.05, 0.1) is 4.88 Å². The Kier molecular flexibility index (Phi) is 3.70. The van der Waals surface area contributed by atoms with Gasteiger partial charge in [-0.05, 0) is 32.4 Å². The second-order valence-electron chi connectivity index (χ2n) is 3.86. The lowest BCUT2D eigenvalue weighted by molar-refractivity contribution is -0.143. The molecule has 0 fully saturated rings. The quantitative estimate of drug-likeness (QED) is 0.847. The minimum atomic E-state index is -1.20. The summed E-state index contributed by atoms with van der Waals surface area (Å²) in [5.74, 6) is -1.35. The number of carboxylic acids is 1. The molecule has 5 heteroatoms. The summed E-state index contributed by atoms with van der Waals surface area (Å²) in [5.41, 5.74) is -1.20. The van der Waals surface area contributed by atoms with Crippen LogP contribution in [0.4, 0.5) is 0 Å². The fourth-order valence-electron chi connectivity index (χ4n) is 1.16. The number of carbonyl (C=O) groups is 2. The van der Waals surface area contributed by atoms with E-state index in [0.717, 1.165) is 4.88 Å². The molecule has 0 radical (unpaired) electrons. The maximum atomic E-state index is 11.8. The van der Waals surface area contributed by atoms with Crippen LogP contribution in [-0.4, -0.2) is 22.5 Å². The molecule has 16 heavy (non-hydrogen) atoms. The van der Waals surface area contributed by atoms with Crippen molar-refractivity contribution in [3.8, 4) is 0 Å². The molecule has 4 nitrogen and oxygen atoms in total. The van der Waals surface area contributed by atoms with Crippen LogP contribution in [0.1, 0.15) is 34.8 Å². The average Bonchev–Trinajstić information content (AvgIpc) is 2.64. The van der Waals surface area contributed by atoms with Crippen molar-refractivity contribution in [1.29, 1.82) is 0 Å². The Hall–Kier alpha value is -1.36. The molecule has 0 saturated heterocycles. The van der Waals surface area contributed by atoms with Crippen molar-refractivity contribution < 1.29 is 14.7 Å². The molecule has 1 aromatic rings. The topological polar surface area (TPSA) is 66.4 Å². The van der Waals surface area contributed by atoms with Gasteiger partial charge in [-0.2, -0.15) is 0 Å². The average molecular weight is 241 g/mol. The summed E-state index contributed by atoms with van der Waals surface area (Å²) in [6.07, 6.45) is 0.346. The molecular weight excluding hydrogens is 226 g/mol. The van der Waals surface area contributed by atoms with Gasteiger partial charge in [-0.15, -0.1) is 11.3 Å². The van der Waals surface area contributed by atoms with E-state index >= 15 is 0 Å². The molecule has 2 N–H and O–H groups in total. The van der Waals surface area contributed by atoms with Gasteiger partial charge >= 0.3 is 5.97 Å². The highest BCUT2D eigenvalue weighted by molar-refractivity contribution is 7.13. The first-order valence-corrected chi connectivity index (χ1v) is 5.83. The molecular formula is C11H15NO3S. The second-order valence-corrected chi connectivity index (χ2v) is 5.14. The van der Waals surface area contributed by atoms with Gasteiger partial charge in [0.2, 0.25) is 0 Å². The Balaban J connectivity index is 2.81. The number of rotatable bonds is 4. The molecule has 88 valence electrons. The molecule has 0 saturated carbocycles. The van der Waals surface area contributed by atoms with Gasteiger partial charge in [0.25, 0.3) is 5.91 Å². The number of thiophene rings is 1. The van der Waals surface area contributed by atoms with Crippen molar-refractivity contribution in [2.24, 2.45) is 0 Å². The number of hydrogen-bond donors (Lipinski definition) is 2. The summed E-state index contributed by atoms with van der Waals surface area (Å²) in [6.45, 7) is 5.14. The number of amides is 1. The van der Waals surface area contributed by atoms with Crippen molar-refractivity contribution in [3.63, 3.8) is 0 Å². The van der Waals surface area contributed by atoms with Gasteiger partial charge < -0.3 is 10.4 Å². The Bertz CT molecular complexity index is 413. The second kappa shape index (κ2) is 4.65. The van der Waals surface area contributed by atoms with E-state index in [1.165, 1.54) is 18.3 Å². The van der Waals surface area contributed by atoms with Gasteiger partial charge in [-0.3, -0.25) is 4.79 Å². The third-order valence-electron chi connectivity index (χ3n) is 2.53. The molecule has 0 aromatic carbocycles. The van der Waals surface area contributed by atoms with Crippen LogP contribution in [0.5, 0.6) is 0 Å². The van der Waals surface area contributed by atoms with E-state index in [9.17, 15) is 9.59 Å². The first-order valence-electron chi connectivity index (χ1n) is 5.01. The smallest absolute Gasteiger partial charge is 0.329 e.